The third-order valence-corrected chi connectivity index (χ3v) is 4.22. The third kappa shape index (κ3) is 8.44. The SMILES string of the molecule is ClC1CCCCCCCCCCCCCC1. The van der Waals surface area contributed by atoms with E-state index in [0.29, 0.717) is 5.38 Å². The van der Waals surface area contributed by atoms with Crippen LogP contribution in [0.1, 0.15) is 89.9 Å². The molecular weight excluding hydrogens is 216 g/mol. The van der Waals surface area contributed by atoms with Crippen molar-refractivity contribution in [3.8, 4) is 0 Å². The predicted molar refractivity (Wildman–Crippen MR) is 74.3 cm³/mol. The van der Waals surface area contributed by atoms with Crippen LogP contribution in [-0.4, -0.2) is 5.38 Å². The summed E-state index contributed by atoms with van der Waals surface area (Å²) >= 11 is 6.32. The van der Waals surface area contributed by atoms with Crippen LogP contribution in [0.2, 0.25) is 0 Å². The van der Waals surface area contributed by atoms with E-state index in [1.54, 1.807) is 0 Å². The summed E-state index contributed by atoms with van der Waals surface area (Å²) in [5.74, 6) is 0. The van der Waals surface area contributed by atoms with E-state index < -0.39 is 0 Å². The first-order valence-electron chi connectivity index (χ1n) is 7.53. The van der Waals surface area contributed by atoms with Crippen molar-refractivity contribution in [1.82, 2.24) is 0 Å². The van der Waals surface area contributed by atoms with Gasteiger partial charge in [-0.25, -0.2) is 0 Å². The van der Waals surface area contributed by atoms with Gasteiger partial charge in [-0.2, -0.15) is 0 Å². The first-order chi connectivity index (χ1) is 7.89. The van der Waals surface area contributed by atoms with E-state index >= 15 is 0 Å². The first-order valence-corrected chi connectivity index (χ1v) is 7.97. The lowest BCUT2D eigenvalue weighted by Gasteiger charge is -2.08. The van der Waals surface area contributed by atoms with Crippen molar-refractivity contribution in [3.05, 3.63) is 0 Å². The predicted octanol–water partition coefficient (Wildman–Crippen LogP) is 6.07. The molecule has 1 rings (SSSR count). The zero-order valence-electron chi connectivity index (χ0n) is 10.9. The van der Waals surface area contributed by atoms with E-state index in [1.807, 2.05) is 0 Å². The monoisotopic (exact) mass is 244 g/mol. The summed E-state index contributed by atoms with van der Waals surface area (Å²) in [5, 5.41) is 0.463. The summed E-state index contributed by atoms with van der Waals surface area (Å²) in [5.41, 5.74) is 0. The van der Waals surface area contributed by atoms with Gasteiger partial charge in [0.25, 0.3) is 0 Å². The fraction of sp³-hybridized carbons (Fsp3) is 1.00. The molecule has 0 aliphatic heterocycles. The molecule has 0 aromatic carbocycles. The van der Waals surface area contributed by atoms with Crippen LogP contribution in [0.15, 0.2) is 0 Å². The Morgan fingerprint density at radius 1 is 0.438 bits per heavy atom. The van der Waals surface area contributed by atoms with Crippen LogP contribution in [0.4, 0.5) is 0 Å². The molecule has 0 N–H and O–H groups in total. The molecule has 0 amide bonds. The lowest BCUT2D eigenvalue weighted by atomic mass is 10.1. The molecule has 0 unspecified atom stereocenters. The number of halogens is 1. The highest BCUT2D eigenvalue weighted by molar-refractivity contribution is 6.20. The summed E-state index contributed by atoms with van der Waals surface area (Å²) in [6.45, 7) is 0. The lowest BCUT2D eigenvalue weighted by molar-refractivity contribution is 0.548. The van der Waals surface area contributed by atoms with Gasteiger partial charge < -0.3 is 0 Å². The van der Waals surface area contributed by atoms with Gasteiger partial charge in [-0.3, -0.25) is 0 Å². The third-order valence-electron chi connectivity index (χ3n) is 3.78. The van der Waals surface area contributed by atoms with Gasteiger partial charge in [-0.15, -0.1) is 11.6 Å². The highest BCUT2D eigenvalue weighted by atomic mass is 35.5. The van der Waals surface area contributed by atoms with Crippen LogP contribution >= 0.6 is 11.6 Å². The lowest BCUT2D eigenvalue weighted by Crippen LogP contribution is -1.98. The first kappa shape index (κ1) is 14.4. The van der Waals surface area contributed by atoms with Gasteiger partial charge in [0.05, 0.1) is 0 Å². The molecule has 0 saturated heterocycles. The Labute approximate surface area is 107 Å². The van der Waals surface area contributed by atoms with Crippen molar-refractivity contribution in [2.24, 2.45) is 0 Å². The topological polar surface area (TPSA) is 0 Å². The molecule has 0 atom stereocenters. The van der Waals surface area contributed by atoms with Crippen LogP contribution < -0.4 is 0 Å². The molecule has 1 heteroatoms. The van der Waals surface area contributed by atoms with Crippen molar-refractivity contribution in [2.75, 3.05) is 0 Å². The van der Waals surface area contributed by atoms with Crippen molar-refractivity contribution < 1.29 is 0 Å². The van der Waals surface area contributed by atoms with E-state index in [-0.39, 0.29) is 0 Å². The minimum Gasteiger partial charge on any atom is -0.123 e. The average molecular weight is 245 g/mol. The maximum absolute atomic E-state index is 6.32. The Balaban J connectivity index is 2.10. The quantitative estimate of drug-likeness (QED) is 0.454. The molecule has 0 nitrogen and oxygen atoms in total. The molecule has 1 saturated carbocycles. The largest absolute Gasteiger partial charge is 0.123 e. The van der Waals surface area contributed by atoms with E-state index in [9.17, 15) is 0 Å². The van der Waals surface area contributed by atoms with Crippen LogP contribution in [0.3, 0.4) is 0 Å². The van der Waals surface area contributed by atoms with Crippen molar-refractivity contribution >= 4 is 11.6 Å². The Bertz CT molecular complexity index is 128. The van der Waals surface area contributed by atoms with Crippen molar-refractivity contribution in [2.45, 2.75) is 95.3 Å². The molecule has 0 heterocycles. The number of alkyl halides is 1. The maximum atomic E-state index is 6.32. The molecule has 16 heavy (non-hydrogen) atoms. The zero-order valence-corrected chi connectivity index (χ0v) is 11.6. The van der Waals surface area contributed by atoms with Crippen LogP contribution in [0.25, 0.3) is 0 Å². The Kier molecular flexibility index (Phi) is 9.37. The summed E-state index contributed by atoms with van der Waals surface area (Å²) < 4.78 is 0. The molecule has 1 aliphatic carbocycles. The molecule has 0 spiro atoms. The van der Waals surface area contributed by atoms with Crippen molar-refractivity contribution in [3.63, 3.8) is 0 Å². The van der Waals surface area contributed by atoms with Gasteiger partial charge in [0, 0.05) is 5.38 Å². The van der Waals surface area contributed by atoms with Gasteiger partial charge >= 0.3 is 0 Å². The minimum atomic E-state index is 0.463. The van der Waals surface area contributed by atoms with Gasteiger partial charge in [-0.05, 0) is 12.8 Å². The summed E-state index contributed by atoms with van der Waals surface area (Å²) in [7, 11) is 0. The molecule has 1 aliphatic rings. The van der Waals surface area contributed by atoms with Crippen LogP contribution in [-0.2, 0) is 0 Å². The maximum Gasteiger partial charge on any atom is 0.0336 e. The average Bonchev–Trinajstić information content (AvgIpc) is 2.29. The number of hydrogen-bond donors (Lipinski definition) is 0. The molecule has 0 aromatic heterocycles. The van der Waals surface area contributed by atoms with Crippen LogP contribution in [0, 0.1) is 0 Å². The summed E-state index contributed by atoms with van der Waals surface area (Å²) in [6, 6.07) is 0. The standard InChI is InChI=1S/C15H29Cl/c16-15-13-11-9-7-5-3-1-2-4-6-8-10-12-14-15/h15H,1-14H2. The number of rotatable bonds is 0. The van der Waals surface area contributed by atoms with E-state index in [0.717, 1.165) is 0 Å². The van der Waals surface area contributed by atoms with E-state index in [2.05, 4.69) is 0 Å². The normalized spacial score (nSPS) is 24.6. The fourth-order valence-electron chi connectivity index (χ4n) is 2.64. The molecule has 1 fully saturated rings. The minimum absolute atomic E-state index is 0.463. The van der Waals surface area contributed by atoms with Gasteiger partial charge in [-0.1, -0.05) is 77.0 Å². The highest BCUT2D eigenvalue weighted by Crippen LogP contribution is 2.19. The second kappa shape index (κ2) is 10.4. The second-order valence-electron chi connectivity index (χ2n) is 5.42. The fourth-order valence-corrected chi connectivity index (χ4v) is 2.95. The smallest absolute Gasteiger partial charge is 0.0336 e. The van der Waals surface area contributed by atoms with E-state index in [1.165, 1.54) is 89.9 Å². The molecule has 0 aromatic rings. The zero-order chi connectivity index (χ0) is 11.5. The van der Waals surface area contributed by atoms with E-state index in [4.69, 9.17) is 11.6 Å². The van der Waals surface area contributed by atoms with Gasteiger partial charge in [0.1, 0.15) is 0 Å². The van der Waals surface area contributed by atoms with Gasteiger partial charge in [0.2, 0.25) is 0 Å². The van der Waals surface area contributed by atoms with Gasteiger partial charge in [0.15, 0.2) is 0 Å². The number of hydrogen-bond acceptors (Lipinski definition) is 0. The second-order valence-corrected chi connectivity index (χ2v) is 6.03. The van der Waals surface area contributed by atoms with Crippen molar-refractivity contribution in [1.29, 1.82) is 0 Å². The Hall–Kier alpha value is 0.290. The molecule has 0 bridgehead atoms. The molecule has 96 valence electrons. The Morgan fingerprint density at radius 3 is 1.00 bits per heavy atom. The molecular formula is C15H29Cl. The van der Waals surface area contributed by atoms with Crippen LogP contribution in [0.5, 0.6) is 0 Å². The summed E-state index contributed by atoms with van der Waals surface area (Å²) in [4.78, 5) is 0. The summed E-state index contributed by atoms with van der Waals surface area (Å²) in [6.07, 6.45) is 19.7. The molecule has 0 radical (unpaired) electrons. The Morgan fingerprint density at radius 2 is 0.688 bits per heavy atom. The highest BCUT2D eigenvalue weighted by Gasteiger charge is 2.04.